The van der Waals surface area contributed by atoms with Crippen LogP contribution in [0.15, 0.2) is 60.7 Å². The second kappa shape index (κ2) is 9.30. The summed E-state index contributed by atoms with van der Waals surface area (Å²) in [5.41, 5.74) is 3.16. The van der Waals surface area contributed by atoms with Gasteiger partial charge in [-0.3, -0.25) is 9.59 Å². The van der Waals surface area contributed by atoms with Crippen molar-refractivity contribution in [2.45, 2.75) is 53.8 Å². The van der Waals surface area contributed by atoms with Crippen molar-refractivity contribution >= 4 is 33.1 Å². The summed E-state index contributed by atoms with van der Waals surface area (Å²) in [6.07, 6.45) is -0.0529. The highest BCUT2D eigenvalue weighted by atomic mass is 16.5. The number of carbonyl (C=O) groups is 2. The molecule has 0 unspecified atom stereocenters. The highest BCUT2D eigenvalue weighted by Crippen LogP contribution is 2.46. The molecule has 4 rings (SSSR count). The number of rotatable bonds is 7. The minimum Gasteiger partial charge on any atom is -0.490 e. The third-order valence-corrected chi connectivity index (χ3v) is 5.75. The molecule has 0 atom stereocenters. The molecule has 4 aromatic rings. The van der Waals surface area contributed by atoms with Gasteiger partial charge in [0.15, 0.2) is 11.6 Å². The van der Waals surface area contributed by atoms with Crippen molar-refractivity contribution in [3.05, 3.63) is 71.8 Å². The lowest BCUT2D eigenvalue weighted by Gasteiger charge is -2.22. The lowest BCUT2D eigenvalue weighted by atomic mass is 9.90. The molecule has 0 amide bonds. The third kappa shape index (κ3) is 4.54. The van der Waals surface area contributed by atoms with Crippen LogP contribution in [0, 0.1) is 0 Å². The SMILES string of the molecule is CC(=O)c1ccc2c(-c3c(OC(C)C)ccc4cc(C(C)=O)ccc34)c(OC(C)C)ccc2c1. The van der Waals surface area contributed by atoms with Crippen LogP contribution in [-0.2, 0) is 0 Å². The molecule has 0 saturated heterocycles. The van der Waals surface area contributed by atoms with Crippen LogP contribution in [0.25, 0.3) is 32.7 Å². The summed E-state index contributed by atoms with van der Waals surface area (Å²) < 4.78 is 12.6. The number of ether oxygens (including phenoxy) is 2. The van der Waals surface area contributed by atoms with Crippen molar-refractivity contribution in [2.24, 2.45) is 0 Å². The lowest BCUT2D eigenvalue weighted by molar-refractivity contribution is 0.100. The summed E-state index contributed by atoms with van der Waals surface area (Å²) >= 11 is 0. The molecule has 0 N–H and O–H groups in total. The van der Waals surface area contributed by atoms with Gasteiger partial charge in [0.2, 0.25) is 0 Å². The zero-order chi connectivity index (χ0) is 24.6. The van der Waals surface area contributed by atoms with E-state index >= 15 is 0 Å². The van der Waals surface area contributed by atoms with Crippen molar-refractivity contribution in [2.75, 3.05) is 0 Å². The fourth-order valence-electron chi connectivity index (χ4n) is 4.28. The van der Waals surface area contributed by atoms with Crippen LogP contribution in [0.3, 0.4) is 0 Å². The molecule has 0 aliphatic heterocycles. The summed E-state index contributed by atoms with van der Waals surface area (Å²) in [6, 6.07) is 19.4. The topological polar surface area (TPSA) is 52.6 Å². The maximum Gasteiger partial charge on any atom is 0.159 e. The van der Waals surface area contributed by atoms with Gasteiger partial charge in [0.1, 0.15) is 11.5 Å². The Morgan fingerprint density at radius 3 is 1.29 bits per heavy atom. The van der Waals surface area contributed by atoms with E-state index in [0.29, 0.717) is 11.1 Å². The highest BCUT2D eigenvalue weighted by molar-refractivity contribution is 6.12. The molecular formula is C30H30O4. The van der Waals surface area contributed by atoms with Gasteiger partial charge in [0.25, 0.3) is 0 Å². The Kier molecular flexibility index (Phi) is 6.43. The summed E-state index contributed by atoms with van der Waals surface area (Å²) in [7, 11) is 0. The first-order valence-electron chi connectivity index (χ1n) is 11.6. The maximum absolute atomic E-state index is 12.0. The molecule has 0 heterocycles. The summed E-state index contributed by atoms with van der Waals surface area (Å²) in [4.78, 5) is 24.0. The zero-order valence-electron chi connectivity index (χ0n) is 20.6. The molecule has 0 radical (unpaired) electrons. The van der Waals surface area contributed by atoms with Gasteiger partial charge in [0.05, 0.1) is 12.2 Å². The van der Waals surface area contributed by atoms with Crippen LogP contribution in [-0.4, -0.2) is 23.8 Å². The molecule has 0 aliphatic rings. The number of carbonyl (C=O) groups excluding carboxylic acids is 2. The van der Waals surface area contributed by atoms with Crippen LogP contribution in [0.1, 0.15) is 62.3 Å². The van der Waals surface area contributed by atoms with E-state index in [2.05, 4.69) is 0 Å². The average Bonchev–Trinajstić information content (AvgIpc) is 2.77. The average molecular weight is 455 g/mol. The molecule has 0 bridgehead atoms. The Morgan fingerprint density at radius 2 is 0.971 bits per heavy atom. The predicted molar refractivity (Wildman–Crippen MR) is 138 cm³/mol. The van der Waals surface area contributed by atoms with Gasteiger partial charge < -0.3 is 9.47 Å². The molecule has 0 spiro atoms. The number of ketones is 2. The van der Waals surface area contributed by atoms with Crippen molar-refractivity contribution in [1.82, 2.24) is 0 Å². The quantitative estimate of drug-likeness (QED) is 0.269. The number of fused-ring (bicyclic) bond motifs is 2. The van der Waals surface area contributed by atoms with Crippen molar-refractivity contribution < 1.29 is 19.1 Å². The van der Waals surface area contributed by atoms with Gasteiger partial charge in [-0.25, -0.2) is 0 Å². The monoisotopic (exact) mass is 454 g/mol. The van der Waals surface area contributed by atoms with Crippen molar-refractivity contribution in [1.29, 1.82) is 0 Å². The second-order valence-corrected chi connectivity index (χ2v) is 9.19. The minimum atomic E-state index is -0.0264. The van der Waals surface area contributed by atoms with Crippen LogP contribution in [0.4, 0.5) is 0 Å². The first-order chi connectivity index (χ1) is 16.2. The molecule has 174 valence electrons. The number of hydrogen-bond acceptors (Lipinski definition) is 4. The van der Waals surface area contributed by atoms with Crippen LogP contribution < -0.4 is 9.47 Å². The summed E-state index contributed by atoms with van der Waals surface area (Å²) in [6.45, 7) is 11.1. The Hall–Kier alpha value is -3.66. The Balaban J connectivity index is 2.13. The predicted octanol–water partition coefficient (Wildman–Crippen LogP) is 7.64. The van der Waals surface area contributed by atoms with Crippen LogP contribution >= 0.6 is 0 Å². The van der Waals surface area contributed by atoms with E-state index in [9.17, 15) is 9.59 Å². The van der Waals surface area contributed by atoms with Crippen LogP contribution in [0.2, 0.25) is 0 Å². The van der Waals surface area contributed by atoms with E-state index in [4.69, 9.17) is 9.47 Å². The van der Waals surface area contributed by atoms with E-state index in [-0.39, 0.29) is 23.8 Å². The second-order valence-electron chi connectivity index (χ2n) is 9.19. The van der Waals surface area contributed by atoms with Gasteiger partial charge in [0, 0.05) is 22.3 Å². The van der Waals surface area contributed by atoms with E-state index in [1.165, 1.54) is 0 Å². The normalized spacial score (nSPS) is 11.4. The Labute approximate surface area is 200 Å². The fourth-order valence-corrected chi connectivity index (χ4v) is 4.28. The molecule has 0 aromatic heterocycles. The maximum atomic E-state index is 12.0. The van der Waals surface area contributed by atoms with E-state index in [0.717, 1.165) is 44.2 Å². The molecule has 4 nitrogen and oxygen atoms in total. The van der Waals surface area contributed by atoms with Crippen molar-refractivity contribution in [3.63, 3.8) is 0 Å². The van der Waals surface area contributed by atoms with Gasteiger partial charge in [-0.15, -0.1) is 0 Å². The fraction of sp³-hybridized carbons (Fsp3) is 0.267. The van der Waals surface area contributed by atoms with E-state index in [1.807, 2.05) is 88.4 Å². The highest BCUT2D eigenvalue weighted by Gasteiger charge is 2.21. The number of benzene rings is 4. The molecule has 0 fully saturated rings. The Bertz CT molecular complexity index is 1300. The molecule has 4 heteroatoms. The van der Waals surface area contributed by atoms with Crippen LogP contribution in [0.5, 0.6) is 11.5 Å². The third-order valence-electron chi connectivity index (χ3n) is 5.75. The number of Topliss-reactive ketones (excluding diaryl/α,β-unsaturated/α-hetero) is 2. The summed E-state index contributed by atoms with van der Waals surface area (Å²) in [5, 5.41) is 3.85. The van der Waals surface area contributed by atoms with Gasteiger partial charge in [-0.05, 0) is 87.4 Å². The van der Waals surface area contributed by atoms with E-state index in [1.54, 1.807) is 13.8 Å². The largest absolute Gasteiger partial charge is 0.490 e. The Morgan fingerprint density at radius 1 is 0.588 bits per heavy atom. The van der Waals surface area contributed by atoms with Gasteiger partial charge in [-0.1, -0.05) is 36.4 Å². The van der Waals surface area contributed by atoms with Gasteiger partial charge >= 0.3 is 0 Å². The molecule has 4 aromatic carbocycles. The van der Waals surface area contributed by atoms with Gasteiger partial charge in [-0.2, -0.15) is 0 Å². The first-order valence-corrected chi connectivity index (χ1v) is 11.6. The minimum absolute atomic E-state index is 0.0247. The molecule has 0 saturated carbocycles. The lowest BCUT2D eigenvalue weighted by Crippen LogP contribution is -2.09. The standard InChI is InChI=1S/C30H30O4/c1-17(2)33-27-13-9-23-15-21(19(5)31)7-11-25(23)29(27)30-26-12-8-22(20(6)32)16-24(26)10-14-28(30)34-18(3)4/h7-18H,1-6H3. The number of hydrogen-bond donors (Lipinski definition) is 0. The smallest absolute Gasteiger partial charge is 0.159 e. The van der Waals surface area contributed by atoms with Crippen molar-refractivity contribution in [3.8, 4) is 22.6 Å². The molecule has 0 aliphatic carbocycles. The molecular weight excluding hydrogens is 424 g/mol. The molecule has 34 heavy (non-hydrogen) atoms. The van der Waals surface area contributed by atoms with E-state index < -0.39 is 0 Å². The zero-order valence-corrected chi connectivity index (χ0v) is 20.6. The summed E-state index contributed by atoms with van der Waals surface area (Å²) in [5.74, 6) is 1.54. The first kappa shape index (κ1) is 23.5.